The van der Waals surface area contributed by atoms with Crippen LogP contribution in [0.15, 0.2) is 35.3 Å². The summed E-state index contributed by atoms with van der Waals surface area (Å²) in [5.41, 5.74) is 1.39. The second-order valence-corrected chi connectivity index (χ2v) is 6.88. The van der Waals surface area contributed by atoms with Crippen LogP contribution in [0, 0.1) is 0 Å². The predicted octanol–water partition coefficient (Wildman–Crippen LogP) is 2.25. The Morgan fingerprint density at radius 2 is 1.78 bits per heavy atom. The molecule has 0 saturated carbocycles. The Labute approximate surface area is 164 Å². The monoisotopic (exact) mass is 373 g/mol. The van der Waals surface area contributed by atoms with Gasteiger partial charge in [0.25, 0.3) is 0 Å². The molecule has 0 aromatic heterocycles. The Morgan fingerprint density at radius 3 is 2.37 bits per heavy atom. The van der Waals surface area contributed by atoms with Crippen LogP contribution in [0.2, 0.25) is 0 Å². The Balaban J connectivity index is 1.93. The molecule has 1 saturated heterocycles. The first kappa shape index (κ1) is 21.2. The van der Waals surface area contributed by atoms with Gasteiger partial charge in [-0.05, 0) is 25.3 Å². The molecule has 1 fully saturated rings. The SMILES string of the molecule is CCCNC(=O)CN=C(NCC)N1CCN(C(CC)c2ccccc2)CC1. The number of rotatable bonds is 8. The second-order valence-electron chi connectivity index (χ2n) is 6.88. The van der Waals surface area contributed by atoms with E-state index in [9.17, 15) is 4.79 Å². The van der Waals surface area contributed by atoms with Crippen molar-refractivity contribution in [3.05, 3.63) is 35.9 Å². The fourth-order valence-electron chi connectivity index (χ4n) is 3.52. The van der Waals surface area contributed by atoms with Crippen LogP contribution in [0.1, 0.15) is 45.2 Å². The third kappa shape index (κ3) is 6.54. The summed E-state index contributed by atoms with van der Waals surface area (Å²) in [6, 6.07) is 11.2. The number of guanidine groups is 1. The molecular weight excluding hydrogens is 338 g/mol. The summed E-state index contributed by atoms with van der Waals surface area (Å²) in [5, 5.41) is 6.21. The number of aliphatic imine (C=N–C) groups is 1. The Bertz CT molecular complexity index is 581. The zero-order valence-electron chi connectivity index (χ0n) is 17.1. The maximum atomic E-state index is 11.9. The number of hydrogen-bond acceptors (Lipinski definition) is 3. The first-order valence-corrected chi connectivity index (χ1v) is 10.3. The third-order valence-electron chi connectivity index (χ3n) is 4.91. The van der Waals surface area contributed by atoms with Gasteiger partial charge in [-0.1, -0.05) is 44.2 Å². The molecule has 1 aromatic rings. The number of carbonyl (C=O) groups excluding carboxylic acids is 1. The predicted molar refractivity (Wildman–Crippen MR) is 112 cm³/mol. The van der Waals surface area contributed by atoms with Crippen molar-refractivity contribution in [2.45, 2.75) is 39.7 Å². The summed E-state index contributed by atoms with van der Waals surface area (Å²) in [7, 11) is 0. The van der Waals surface area contributed by atoms with Crippen molar-refractivity contribution in [2.75, 3.05) is 45.8 Å². The van der Waals surface area contributed by atoms with Crippen molar-refractivity contribution in [1.29, 1.82) is 0 Å². The zero-order valence-corrected chi connectivity index (χ0v) is 17.1. The fraction of sp³-hybridized carbons (Fsp3) is 0.619. The molecule has 0 bridgehead atoms. The van der Waals surface area contributed by atoms with E-state index >= 15 is 0 Å². The van der Waals surface area contributed by atoms with Crippen molar-refractivity contribution in [3.8, 4) is 0 Å². The van der Waals surface area contributed by atoms with Gasteiger partial charge in [0.2, 0.25) is 5.91 Å². The first-order chi connectivity index (χ1) is 13.2. The van der Waals surface area contributed by atoms with Gasteiger partial charge in [-0.2, -0.15) is 0 Å². The van der Waals surface area contributed by atoms with Gasteiger partial charge < -0.3 is 15.5 Å². The van der Waals surface area contributed by atoms with E-state index in [4.69, 9.17) is 0 Å². The number of nitrogens with one attached hydrogen (secondary N) is 2. The fourth-order valence-corrected chi connectivity index (χ4v) is 3.52. The van der Waals surface area contributed by atoms with Gasteiger partial charge in [-0.3, -0.25) is 9.69 Å². The molecule has 6 nitrogen and oxygen atoms in total. The molecule has 0 aliphatic carbocycles. The molecule has 150 valence electrons. The van der Waals surface area contributed by atoms with Crippen molar-refractivity contribution in [1.82, 2.24) is 20.4 Å². The first-order valence-electron chi connectivity index (χ1n) is 10.3. The molecular formula is C21H35N5O. The van der Waals surface area contributed by atoms with Gasteiger partial charge >= 0.3 is 0 Å². The topological polar surface area (TPSA) is 60.0 Å². The van der Waals surface area contributed by atoms with Gasteiger partial charge in [0.15, 0.2) is 5.96 Å². The Morgan fingerprint density at radius 1 is 1.07 bits per heavy atom. The van der Waals surface area contributed by atoms with E-state index in [1.54, 1.807) is 0 Å². The maximum absolute atomic E-state index is 11.9. The average Bonchev–Trinajstić information content (AvgIpc) is 2.71. The standard InChI is InChI=1S/C21H35N5O/c1-4-12-23-20(27)17-24-21(22-6-3)26-15-13-25(14-16-26)19(5-2)18-10-8-7-9-11-18/h7-11,19H,4-6,12-17H2,1-3H3,(H,22,24)(H,23,27). The van der Waals surface area contributed by atoms with E-state index < -0.39 is 0 Å². The van der Waals surface area contributed by atoms with E-state index in [0.29, 0.717) is 12.6 Å². The Kier molecular flexibility index (Phi) is 9.11. The normalized spacial score (nSPS) is 16.9. The highest BCUT2D eigenvalue weighted by molar-refractivity contribution is 5.85. The number of nitrogens with zero attached hydrogens (tertiary/aromatic N) is 3. The molecule has 27 heavy (non-hydrogen) atoms. The highest BCUT2D eigenvalue weighted by Crippen LogP contribution is 2.25. The lowest BCUT2D eigenvalue weighted by Gasteiger charge is -2.40. The molecule has 2 rings (SSSR count). The van der Waals surface area contributed by atoms with Crippen LogP contribution in [0.3, 0.4) is 0 Å². The largest absolute Gasteiger partial charge is 0.357 e. The van der Waals surface area contributed by atoms with Gasteiger partial charge in [0.1, 0.15) is 6.54 Å². The van der Waals surface area contributed by atoms with Crippen LogP contribution in [-0.4, -0.2) is 67.5 Å². The summed E-state index contributed by atoms with van der Waals surface area (Å²) in [6.07, 6.45) is 2.05. The van der Waals surface area contributed by atoms with Crippen molar-refractivity contribution in [3.63, 3.8) is 0 Å². The van der Waals surface area contributed by atoms with Crippen LogP contribution in [0.25, 0.3) is 0 Å². The molecule has 1 amide bonds. The van der Waals surface area contributed by atoms with Crippen molar-refractivity contribution >= 4 is 11.9 Å². The third-order valence-corrected chi connectivity index (χ3v) is 4.91. The minimum atomic E-state index is -0.0130. The number of piperazine rings is 1. The molecule has 1 heterocycles. The molecule has 1 aromatic carbocycles. The molecule has 1 unspecified atom stereocenters. The lowest BCUT2D eigenvalue weighted by molar-refractivity contribution is -0.119. The molecule has 1 atom stereocenters. The number of amides is 1. The zero-order chi connectivity index (χ0) is 19.5. The molecule has 0 radical (unpaired) electrons. The summed E-state index contributed by atoms with van der Waals surface area (Å²) in [6.45, 7) is 11.9. The van der Waals surface area contributed by atoms with E-state index in [1.165, 1.54) is 5.56 Å². The Hall–Kier alpha value is -2.08. The van der Waals surface area contributed by atoms with E-state index in [2.05, 4.69) is 69.6 Å². The molecule has 6 heteroatoms. The van der Waals surface area contributed by atoms with E-state index in [-0.39, 0.29) is 12.5 Å². The summed E-state index contributed by atoms with van der Waals surface area (Å²) in [5.74, 6) is 0.831. The van der Waals surface area contributed by atoms with E-state index in [1.807, 2.05) is 6.92 Å². The van der Waals surface area contributed by atoms with Crippen molar-refractivity contribution in [2.24, 2.45) is 4.99 Å². The number of carbonyl (C=O) groups is 1. The number of benzene rings is 1. The minimum Gasteiger partial charge on any atom is -0.357 e. The minimum absolute atomic E-state index is 0.0130. The second kappa shape index (κ2) is 11.6. The summed E-state index contributed by atoms with van der Waals surface area (Å²) < 4.78 is 0. The summed E-state index contributed by atoms with van der Waals surface area (Å²) >= 11 is 0. The lowest BCUT2D eigenvalue weighted by Crippen LogP contribution is -2.53. The van der Waals surface area contributed by atoms with Gasteiger partial charge in [-0.25, -0.2) is 4.99 Å². The van der Waals surface area contributed by atoms with Crippen molar-refractivity contribution < 1.29 is 4.79 Å². The molecule has 1 aliphatic heterocycles. The highest BCUT2D eigenvalue weighted by atomic mass is 16.1. The average molecular weight is 374 g/mol. The van der Waals surface area contributed by atoms with Crippen LogP contribution in [-0.2, 0) is 4.79 Å². The van der Waals surface area contributed by atoms with Crippen LogP contribution < -0.4 is 10.6 Å². The maximum Gasteiger partial charge on any atom is 0.241 e. The molecule has 1 aliphatic rings. The van der Waals surface area contributed by atoms with Gasteiger partial charge in [0, 0.05) is 45.3 Å². The van der Waals surface area contributed by atoms with Gasteiger partial charge in [0.05, 0.1) is 0 Å². The number of hydrogen-bond donors (Lipinski definition) is 2. The molecule has 2 N–H and O–H groups in total. The smallest absolute Gasteiger partial charge is 0.241 e. The highest BCUT2D eigenvalue weighted by Gasteiger charge is 2.25. The van der Waals surface area contributed by atoms with Gasteiger partial charge in [-0.15, -0.1) is 0 Å². The summed E-state index contributed by atoms with van der Waals surface area (Å²) in [4.78, 5) is 21.2. The quantitative estimate of drug-likeness (QED) is 0.542. The molecule has 0 spiro atoms. The van der Waals surface area contributed by atoms with Crippen LogP contribution >= 0.6 is 0 Å². The van der Waals surface area contributed by atoms with Crippen LogP contribution in [0.4, 0.5) is 0 Å². The van der Waals surface area contributed by atoms with Crippen LogP contribution in [0.5, 0.6) is 0 Å². The lowest BCUT2D eigenvalue weighted by atomic mass is 10.0. The van der Waals surface area contributed by atoms with E-state index in [0.717, 1.165) is 51.5 Å².